The van der Waals surface area contributed by atoms with Crippen LogP contribution >= 0.6 is 0 Å². The topological polar surface area (TPSA) is 98.5 Å². The molecular weight excluding hydrogens is 324 g/mol. The number of non-ortho nitro benzene ring substituents is 1. The minimum absolute atomic E-state index is 0.142. The van der Waals surface area contributed by atoms with E-state index >= 15 is 0 Å². The fraction of sp³-hybridized carbons (Fsp3) is 0.222. The summed E-state index contributed by atoms with van der Waals surface area (Å²) in [6.45, 7) is 1.23. The molecule has 0 spiro atoms. The van der Waals surface area contributed by atoms with Crippen LogP contribution in [0.1, 0.15) is 28.9 Å². The number of hydrogen-bond donors (Lipinski definition) is 1. The Kier molecular flexibility index (Phi) is 5.97. The third-order valence-corrected chi connectivity index (χ3v) is 3.66. The van der Waals surface area contributed by atoms with Gasteiger partial charge in [-0.2, -0.15) is 0 Å². The van der Waals surface area contributed by atoms with E-state index in [2.05, 4.69) is 5.32 Å². The molecule has 130 valence electrons. The SMILES string of the molecule is CN[C@@H](C(=O)c1ccccc1)[C@H](OC(C)=O)c1cccc([N+](=O)[O-])c1. The number of ketones is 1. The molecule has 0 radical (unpaired) electrons. The van der Waals surface area contributed by atoms with Crippen LogP contribution in [-0.2, 0) is 9.53 Å². The largest absolute Gasteiger partial charge is 0.455 e. The van der Waals surface area contributed by atoms with Crippen molar-refractivity contribution in [3.05, 3.63) is 75.8 Å². The Balaban J connectivity index is 2.44. The zero-order valence-electron chi connectivity index (χ0n) is 13.8. The molecule has 0 amide bonds. The first-order chi connectivity index (χ1) is 11.9. The van der Waals surface area contributed by atoms with E-state index in [9.17, 15) is 19.7 Å². The van der Waals surface area contributed by atoms with Crippen molar-refractivity contribution in [3.8, 4) is 0 Å². The number of nitro benzene ring substituents is 1. The second kappa shape index (κ2) is 8.16. The van der Waals surface area contributed by atoms with Gasteiger partial charge in [0.1, 0.15) is 12.1 Å². The molecule has 0 aliphatic rings. The van der Waals surface area contributed by atoms with Crippen molar-refractivity contribution in [3.63, 3.8) is 0 Å². The second-order valence-electron chi connectivity index (χ2n) is 5.38. The first kappa shape index (κ1) is 18.3. The van der Waals surface area contributed by atoms with Crippen LogP contribution in [0.4, 0.5) is 5.69 Å². The van der Waals surface area contributed by atoms with Crippen molar-refractivity contribution in [2.45, 2.75) is 19.1 Å². The smallest absolute Gasteiger partial charge is 0.303 e. The van der Waals surface area contributed by atoms with Gasteiger partial charge in [0.25, 0.3) is 5.69 Å². The molecule has 2 atom stereocenters. The highest BCUT2D eigenvalue weighted by Crippen LogP contribution is 2.27. The van der Waals surface area contributed by atoms with Crippen LogP contribution in [0.3, 0.4) is 0 Å². The van der Waals surface area contributed by atoms with Gasteiger partial charge in [0, 0.05) is 30.2 Å². The van der Waals surface area contributed by atoms with Crippen molar-refractivity contribution in [1.29, 1.82) is 0 Å². The standard InChI is InChI=1S/C18H18N2O5/c1-12(21)25-18(14-9-6-10-15(11-14)20(23)24)16(19-2)17(22)13-7-4-3-5-8-13/h3-11,16,18-19H,1-2H3/t16-,18+/m0/s1. The number of Topliss-reactive ketones (excluding diaryl/α,β-unsaturated/α-hetero) is 1. The molecule has 7 nitrogen and oxygen atoms in total. The minimum atomic E-state index is -0.991. The van der Waals surface area contributed by atoms with Crippen molar-refractivity contribution >= 4 is 17.4 Å². The summed E-state index contributed by atoms with van der Waals surface area (Å²) in [5.74, 6) is -0.863. The van der Waals surface area contributed by atoms with Gasteiger partial charge in [-0.1, -0.05) is 42.5 Å². The summed E-state index contributed by atoms with van der Waals surface area (Å²) in [5.41, 5.74) is 0.675. The number of nitro groups is 1. The molecule has 2 rings (SSSR count). The summed E-state index contributed by atoms with van der Waals surface area (Å²) in [7, 11) is 1.57. The van der Waals surface area contributed by atoms with E-state index < -0.39 is 23.0 Å². The van der Waals surface area contributed by atoms with Crippen LogP contribution < -0.4 is 5.32 Å². The van der Waals surface area contributed by atoms with Gasteiger partial charge in [-0.15, -0.1) is 0 Å². The van der Waals surface area contributed by atoms with Crippen LogP contribution in [0.2, 0.25) is 0 Å². The average Bonchev–Trinajstić information content (AvgIpc) is 2.62. The average molecular weight is 342 g/mol. The Morgan fingerprint density at radius 3 is 2.36 bits per heavy atom. The maximum Gasteiger partial charge on any atom is 0.303 e. The summed E-state index contributed by atoms with van der Waals surface area (Å²) >= 11 is 0. The number of rotatable bonds is 7. The molecule has 1 N–H and O–H groups in total. The summed E-state index contributed by atoms with van der Waals surface area (Å²) in [5, 5.41) is 13.9. The Morgan fingerprint density at radius 1 is 1.12 bits per heavy atom. The predicted octanol–water partition coefficient (Wildman–Crippen LogP) is 2.67. The van der Waals surface area contributed by atoms with Crippen LogP contribution in [0, 0.1) is 10.1 Å². The molecule has 0 heterocycles. The number of carbonyl (C=O) groups is 2. The Morgan fingerprint density at radius 2 is 1.80 bits per heavy atom. The summed E-state index contributed by atoms with van der Waals surface area (Å²) in [6, 6.07) is 13.4. The number of carbonyl (C=O) groups excluding carboxylic acids is 2. The molecule has 0 fully saturated rings. The van der Waals surface area contributed by atoms with Crippen LogP contribution in [-0.4, -0.2) is 29.8 Å². The van der Waals surface area contributed by atoms with E-state index in [1.807, 2.05) is 0 Å². The first-order valence-electron chi connectivity index (χ1n) is 7.62. The molecular formula is C18H18N2O5. The van der Waals surface area contributed by atoms with Gasteiger partial charge in [0.2, 0.25) is 0 Å². The molecule has 2 aromatic rings. The lowest BCUT2D eigenvalue weighted by Gasteiger charge is -2.25. The zero-order valence-corrected chi connectivity index (χ0v) is 13.8. The van der Waals surface area contributed by atoms with Crippen LogP contribution in [0.15, 0.2) is 54.6 Å². The van der Waals surface area contributed by atoms with E-state index in [4.69, 9.17) is 4.74 Å². The maximum absolute atomic E-state index is 12.8. The summed E-state index contributed by atoms with van der Waals surface area (Å²) in [6.07, 6.45) is -0.991. The minimum Gasteiger partial charge on any atom is -0.455 e. The molecule has 0 bridgehead atoms. The van der Waals surface area contributed by atoms with E-state index in [-0.39, 0.29) is 11.5 Å². The number of ether oxygens (including phenoxy) is 1. The third kappa shape index (κ3) is 4.48. The van der Waals surface area contributed by atoms with Crippen molar-refractivity contribution in [2.24, 2.45) is 0 Å². The van der Waals surface area contributed by atoms with Crippen molar-refractivity contribution < 1.29 is 19.2 Å². The fourth-order valence-electron chi connectivity index (χ4n) is 2.52. The number of esters is 1. The van der Waals surface area contributed by atoms with E-state index in [0.29, 0.717) is 11.1 Å². The summed E-state index contributed by atoms with van der Waals surface area (Å²) < 4.78 is 5.32. The van der Waals surface area contributed by atoms with Gasteiger partial charge in [-0.05, 0) is 7.05 Å². The molecule has 0 aromatic heterocycles. The molecule has 0 aliphatic carbocycles. The lowest BCUT2D eigenvalue weighted by atomic mass is 9.94. The highest BCUT2D eigenvalue weighted by molar-refractivity contribution is 6.00. The number of nitrogens with zero attached hydrogens (tertiary/aromatic N) is 1. The lowest BCUT2D eigenvalue weighted by Crippen LogP contribution is -2.41. The van der Waals surface area contributed by atoms with E-state index in [1.165, 1.54) is 25.1 Å². The molecule has 25 heavy (non-hydrogen) atoms. The number of likely N-dealkylation sites (N-methyl/N-ethyl adjacent to an activating group) is 1. The number of nitrogens with one attached hydrogen (secondary N) is 1. The molecule has 0 saturated heterocycles. The fourth-order valence-corrected chi connectivity index (χ4v) is 2.52. The van der Waals surface area contributed by atoms with Crippen molar-refractivity contribution in [1.82, 2.24) is 5.32 Å². The quantitative estimate of drug-likeness (QED) is 0.359. The second-order valence-corrected chi connectivity index (χ2v) is 5.38. The van der Waals surface area contributed by atoms with Crippen molar-refractivity contribution in [2.75, 3.05) is 7.05 Å². The normalized spacial score (nSPS) is 12.9. The van der Waals surface area contributed by atoms with Gasteiger partial charge in [-0.25, -0.2) is 0 Å². The molecule has 0 aliphatic heterocycles. The predicted molar refractivity (Wildman–Crippen MR) is 91.2 cm³/mol. The van der Waals surface area contributed by atoms with Crippen LogP contribution in [0.5, 0.6) is 0 Å². The number of benzene rings is 2. The van der Waals surface area contributed by atoms with E-state index in [0.717, 1.165) is 0 Å². The van der Waals surface area contributed by atoms with Gasteiger partial charge in [0.15, 0.2) is 5.78 Å². The molecule has 0 saturated carbocycles. The monoisotopic (exact) mass is 342 g/mol. The highest BCUT2D eigenvalue weighted by Gasteiger charge is 2.32. The Labute approximate surface area is 144 Å². The van der Waals surface area contributed by atoms with Gasteiger partial charge >= 0.3 is 5.97 Å². The van der Waals surface area contributed by atoms with Gasteiger partial charge < -0.3 is 10.1 Å². The van der Waals surface area contributed by atoms with Gasteiger partial charge in [-0.3, -0.25) is 19.7 Å². The highest BCUT2D eigenvalue weighted by atomic mass is 16.6. The van der Waals surface area contributed by atoms with Crippen LogP contribution in [0.25, 0.3) is 0 Å². The van der Waals surface area contributed by atoms with Gasteiger partial charge in [0.05, 0.1) is 4.92 Å². The molecule has 7 heteroatoms. The number of hydrogen-bond acceptors (Lipinski definition) is 6. The molecule has 0 unspecified atom stereocenters. The Hall–Kier alpha value is -3.06. The molecule has 2 aromatic carbocycles. The first-order valence-corrected chi connectivity index (χ1v) is 7.62. The third-order valence-electron chi connectivity index (χ3n) is 3.66. The zero-order chi connectivity index (χ0) is 18.4. The maximum atomic E-state index is 12.8. The Bertz CT molecular complexity index is 776. The lowest BCUT2D eigenvalue weighted by molar-refractivity contribution is -0.385. The summed E-state index contributed by atoms with van der Waals surface area (Å²) in [4.78, 5) is 34.8. The van der Waals surface area contributed by atoms with E-state index in [1.54, 1.807) is 43.4 Å².